The summed E-state index contributed by atoms with van der Waals surface area (Å²) in [4.78, 5) is 22.6. The number of hydrogen-bond donors (Lipinski definition) is 4. The van der Waals surface area contributed by atoms with Crippen molar-refractivity contribution in [2.45, 2.75) is 37.4 Å². The van der Waals surface area contributed by atoms with Gasteiger partial charge in [0.25, 0.3) is 0 Å². The fraction of sp³-hybridized carbons (Fsp3) is 0.500. The maximum atomic E-state index is 10.6. The van der Waals surface area contributed by atoms with E-state index in [1.54, 1.807) is 0 Å². The number of nitrogens with two attached hydrogens (primary N) is 1. The maximum Gasteiger partial charge on any atom is 0.303 e. The molecule has 1 saturated heterocycles. The predicted molar refractivity (Wildman–Crippen MR) is 72.5 cm³/mol. The highest BCUT2D eigenvalue weighted by Crippen LogP contribution is 2.33. The Hall–Kier alpha value is -2.30. The Morgan fingerprint density at radius 2 is 2.09 bits per heavy atom. The molecule has 0 saturated carbocycles. The maximum absolute atomic E-state index is 10.6. The minimum absolute atomic E-state index is 0.0911. The topological polar surface area (TPSA) is 157 Å². The molecule has 22 heavy (non-hydrogen) atoms. The number of nitrogen functional groups attached to an aromatic ring is 1. The molecule has 2 aromatic rings. The number of imidazole rings is 1. The number of hydrogen-bond acceptors (Lipinski definition) is 8. The van der Waals surface area contributed by atoms with Crippen molar-refractivity contribution in [2.24, 2.45) is 0 Å². The summed E-state index contributed by atoms with van der Waals surface area (Å²) in [6.45, 7) is 0. The smallest absolute Gasteiger partial charge is 0.303 e. The van der Waals surface area contributed by atoms with Gasteiger partial charge < -0.3 is 25.8 Å². The summed E-state index contributed by atoms with van der Waals surface area (Å²) in [6.07, 6.45) is -1.56. The van der Waals surface area contributed by atoms with Gasteiger partial charge in [0.05, 0.1) is 12.4 Å². The molecule has 0 radical (unpaired) electrons. The van der Waals surface area contributed by atoms with Crippen LogP contribution in [0, 0.1) is 0 Å². The molecule has 3 heterocycles. The van der Waals surface area contributed by atoms with Crippen LogP contribution in [-0.4, -0.2) is 59.1 Å². The Bertz CT molecular complexity index is 704. The van der Waals surface area contributed by atoms with Gasteiger partial charge in [-0.05, 0) is 6.42 Å². The Balaban J connectivity index is 1.87. The number of aliphatic hydroxyl groups excluding tert-OH is 2. The van der Waals surface area contributed by atoms with Crippen molar-refractivity contribution in [1.82, 2.24) is 19.5 Å². The van der Waals surface area contributed by atoms with Crippen molar-refractivity contribution in [1.29, 1.82) is 0 Å². The van der Waals surface area contributed by atoms with Gasteiger partial charge in [0.2, 0.25) is 0 Å². The third-order valence-electron chi connectivity index (χ3n) is 3.64. The largest absolute Gasteiger partial charge is 0.481 e. The molecule has 1 unspecified atom stereocenters. The van der Waals surface area contributed by atoms with E-state index in [9.17, 15) is 15.0 Å². The quantitative estimate of drug-likeness (QED) is 0.549. The van der Waals surface area contributed by atoms with Crippen LogP contribution < -0.4 is 5.73 Å². The van der Waals surface area contributed by atoms with Crippen LogP contribution >= 0.6 is 0 Å². The third kappa shape index (κ3) is 2.36. The normalized spacial score (nSPS) is 28.3. The van der Waals surface area contributed by atoms with E-state index in [1.165, 1.54) is 17.2 Å². The summed E-state index contributed by atoms with van der Waals surface area (Å²) in [5.41, 5.74) is 6.42. The van der Waals surface area contributed by atoms with Gasteiger partial charge in [-0.25, -0.2) is 15.0 Å². The van der Waals surface area contributed by atoms with Crippen molar-refractivity contribution >= 4 is 23.0 Å². The average molecular weight is 309 g/mol. The lowest BCUT2D eigenvalue weighted by Crippen LogP contribution is -2.31. The van der Waals surface area contributed by atoms with Gasteiger partial charge in [-0.3, -0.25) is 9.36 Å². The summed E-state index contributed by atoms with van der Waals surface area (Å²) in [7, 11) is 0. The van der Waals surface area contributed by atoms with Crippen molar-refractivity contribution in [3.05, 3.63) is 12.7 Å². The monoisotopic (exact) mass is 309 g/mol. The molecule has 0 amide bonds. The lowest BCUT2D eigenvalue weighted by molar-refractivity contribution is -0.138. The van der Waals surface area contributed by atoms with E-state index in [0.29, 0.717) is 11.2 Å². The number of fused-ring (bicyclic) bond motifs is 1. The van der Waals surface area contributed by atoms with Crippen molar-refractivity contribution in [3.8, 4) is 0 Å². The van der Waals surface area contributed by atoms with Gasteiger partial charge in [-0.2, -0.15) is 0 Å². The molecular formula is C12H15N5O5. The van der Waals surface area contributed by atoms with Crippen LogP contribution in [0.5, 0.6) is 0 Å². The number of aliphatic hydroxyl groups is 2. The predicted octanol–water partition coefficient (Wildman–Crippen LogP) is -1.11. The lowest BCUT2D eigenvalue weighted by Gasteiger charge is -2.16. The van der Waals surface area contributed by atoms with Crippen LogP contribution in [0.4, 0.5) is 5.82 Å². The summed E-state index contributed by atoms with van der Waals surface area (Å²) in [6, 6.07) is 0. The second kappa shape index (κ2) is 5.48. The first-order valence-electron chi connectivity index (χ1n) is 6.65. The van der Waals surface area contributed by atoms with Crippen LogP contribution in [-0.2, 0) is 9.53 Å². The summed E-state index contributed by atoms with van der Waals surface area (Å²) < 4.78 is 7.03. The molecule has 3 rings (SSSR count). The highest BCUT2D eigenvalue weighted by molar-refractivity contribution is 5.81. The molecule has 118 valence electrons. The van der Waals surface area contributed by atoms with Gasteiger partial charge in [-0.15, -0.1) is 0 Å². The van der Waals surface area contributed by atoms with E-state index in [4.69, 9.17) is 15.6 Å². The Labute approximate surface area is 124 Å². The first-order valence-corrected chi connectivity index (χ1v) is 6.65. The fourth-order valence-electron chi connectivity index (χ4n) is 2.52. The molecule has 4 atom stereocenters. The van der Waals surface area contributed by atoms with E-state index in [2.05, 4.69) is 15.0 Å². The van der Waals surface area contributed by atoms with E-state index in [1.807, 2.05) is 0 Å². The van der Waals surface area contributed by atoms with Crippen LogP contribution in [0.3, 0.4) is 0 Å². The summed E-state index contributed by atoms with van der Waals surface area (Å²) in [5.74, 6) is -0.804. The molecule has 0 aliphatic carbocycles. The standard InChI is InChI=1S/C12H15N5O5/c13-10-7-11(15-3-14-10)17(4-16-7)12-9(21)8(20)5(22-12)1-2-6(18)19/h3-5,8-9,12,20-21H,1-2H2,(H,18,19)(H2,13,14,15)/t5-,8-,9+,12?/m1/s1. The molecule has 1 aliphatic rings. The van der Waals surface area contributed by atoms with Gasteiger partial charge in [-0.1, -0.05) is 0 Å². The average Bonchev–Trinajstić information content (AvgIpc) is 3.01. The highest BCUT2D eigenvalue weighted by Gasteiger charge is 2.44. The van der Waals surface area contributed by atoms with Crippen molar-refractivity contribution < 1.29 is 24.9 Å². The second-order valence-corrected chi connectivity index (χ2v) is 5.06. The molecule has 0 spiro atoms. The van der Waals surface area contributed by atoms with Gasteiger partial charge in [0.15, 0.2) is 17.7 Å². The van der Waals surface area contributed by atoms with Gasteiger partial charge in [0, 0.05) is 6.42 Å². The molecule has 0 bridgehead atoms. The number of rotatable bonds is 4. The fourth-order valence-corrected chi connectivity index (χ4v) is 2.52. The SMILES string of the molecule is Nc1ncnc2c1ncn2C1O[C@H](CCC(=O)O)[C@@H](O)[C@@H]1O. The molecule has 2 aromatic heterocycles. The van der Waals surface area contributed by atoms with Crippen LogP contribution in [0.1, 0.15) is 19.1 Å². The number of nitrogens with zero attached hydrogens (tertiary/aromatic N) is 4. The van der Waals surface area contributed by atoms with Crippen molar-refractivity contribution in [3.63, 3.8) is 0 Å². The zero-order chi connectivity index (χ0) is 15.9. The second-order valence-electron chi connectivity index (χ2n) is 5.06. The number of carboxylic acid groups (broad SMARTS) is 1. The zero-order valence-electron chi connectivity index (χ0n) is 11.4. The minimum Gasteiger partial charge on any atom is -0.481 e. The van der Waals surface area contributed by atoms with E-state index in [0.717, 1.165) is 0 Å². The van der Waals surface area contributed by atoms with Gasteiger partial charge in [0.1, 0.15) is 24.1 Å². The minimum atomic E-state index is -1.23. The van der Waals surface area contributed by atoms with E-state index in [-0.39, 0.29) is 18.7 Å². The number of aromatic nitrogens is 4. The lowest BCUT2D eigenvalue weighted by atomic mass is 10.1. The molecule has 10 nitrogen and oxygen atoms in total. The number of carbonyl (C=O) groups is 1. The Morgan fingerprint density at radius 1 is 1.32 bits per heavy atom. The molecular weight excluding hydrogens is 294 g/mol. The first kappa shape index (κ1) is 14.6. The van der Waals surface area contributed by atoms with Crippen LogP contribution in [0.15, 0.2) is 12.7 Å². The Morgan fingerprint density at radius 3 is 2.82 bits per heavy atom. The van der Waals surface area contributed by atoms with Crippen LogP contribution in [0.25, 0.3) is 11.2 Å². The molecule has 1 fully saturated rings. The number of aliphatic carboxylic acids is 1. The summed E-state index contributed by atoms with van der Waals surface area (Å²) >= 11 is 0. The van der Waals surface area contributed by atoms with E-state index >= 15 is 0 Å². The third-order valence-corrected chi connectivity index (χ3v) is 3.64. The number of anilines is 1. The number of carboxylic acids is 1. The Kier molecular flexibility index (Phi) is 3.64. The molecule has 0 aromatic carbocycles. The molecule has 1 aliphatic heterocycles. The van der Waals surface area contributed by atoms with Crippen molar-refractivity contribution in [2.75, 3.05) is 5.73 Å². The van der Waals surface area contributed by atoms with Crippen LogP contribution in [0.2, 0.25) is 0 Å². The van der Waals surface area contributed by atoms with E-state index < -0.39 is 30.5 Å². The zero-order valence-corrected chi connectivity index (χ0v) is 11.4. The molecule has 10 heteroatoms. The summed E-state index contributed by atoms with van der Waals surface area (Å²) in [5, 5.41) is 28.9. The van der Waals surface area contributed by atoms with Gasteiger partial charge >= 0.3 is 5.97 Å². The molecule has 5 N–H and O–H groups in total. The number of ether oxygens (including phenoxy) is 1. The first-order chi connectivity index (χ1) is 10.5. The highest BCUT2D eigenvalue weighted by atomic mass is 16.6.